The number of nitrogens with zero attached hydrogens (tertiary/aromatic N) is 2. The zero-order valence-electron chi connectivity index (χ0n) is 23.4. The first kappa shape index (κ1) is 24.2. The van der Waals surface area contributed by atoms with Gasteiger partial charge in [0.2, 0.25) is 0 Å². The molecule has 0 fully saturated rings. The van der Waals surface area contributed by atoms with Crippen LogP contribution in [0.4, 0.5) is 0 Å². The topological polar surface area (TPSA) is 9.86 Å². The Morgan fingerprint density at radius 1 is 0.550 bits per heavy atom. The molecular weight excluding hydrogens is 484 g/mol. The molecule has 0 aliphatic carbocycles. The number of benzene rings is 5. The molecule has 2 heteroatoms. The molecule has 0 aliphatic heterocycles. The van der Waals surface area contributed by atoms with Crippen molar-refractivity contribution in [3.63, 3.8) is 0 Å². The largest absolute Gasteiger partial charge is 0.313 e. The van der Waals surface area contributed by atoms with Crippen LogP contribution in [-0.4, -0.2) is 9.13 Å². The van der Waals surface area contributed by atoms with Crippen LogP contribution < -0.4 is 0 Å². The summed E-state index contributed by atoms with van der Waals surface area (Å²) in [6.45, 7) is 8.92. The van der Waals surface area contributed by atoms with E-state index in [-0.39, 0.29) is 0 Å². The summed E-state index contributed by atoms with van der Waals surface area (Å²) in [5.41, 5.74) is 12.5. The van der Waals surface area contributed by atoms with Crippen LogP contribution in [0.1, 0.15) is 31.9 Å². The van der Waals surface area contributed by atoms with E-state index < -0.39 is 0 Å². The first-order valence-electron chi connectivity index (χ1n) is 14.0. The molecule has 2 nitrogen and oxygen atoms in total. The quantitative estimate of drug-likeness (QED) is 0.206. The molecule has 5 aromatic carbocycles. The van der Waals surface area contributed by atoms with E-state index in [0.29, 0.717) is 0 Å². The van der Waals surface area contributed by atoms with Gasteiger partial charge in [-0.05, 0) is 92.4 Å². The molecule has 0 radical (unpaired) electrons. The Bertz CT molecular complexity index is 2040. The van der Waals surface area contributed by atoms with E-state index in [2.05, 4.69) is 158 Å². The van der Waals surface area contributed by atoms with Gasteiger partial charge in [-0.15, -0.1) is 0 Å². The number of rotatable bonds is 4. The second-order valence-corrected chi connectivity index (χ2v) is 10.8. The Labute approximate surface area is 235 Å². The lowest BCUT2D eigenvalue weighted by molar-refractivity contribution is 1.17. The fourth-order valence-electron chi connectivity index (χ4n) is 6.41. The summed E-state index contributed by atoms with van der Waals surface area (Å²) in [5, 5.41) is 5.16. The third kappa shape index (κ3) is 3.71. The van der Waals surface area contributed by atoms with Gasteiger partial charge < -0.3 is 9.13 Å². The third-order valence-corrected chi connectivity index (χ3v) is 8.40. The van der Waals surface area contributed by atoms with Crippen molar-refractivity contribution in [3.05, 3.63) is 138 Å². The molecule has 0 aliphatic rings. The van der Waals surface area contributed by atoms with Crippen molar-refractivity contribution in [2.24, 2.45) is 0 Å². The van der Waals surface area contributed by atoms with Crippen LogP contribution >= 0.6 is 0 Å². The number of aromatic nitrogens is 2. The summed E-state index contributed by atoms with van der Waals surface area (Å²) in [5.74, 6) is 0. The predicted molar refractivity (Wildman–Crippen MR) is 173 cm³/mol. The van der Waals surface area contributed by atoms with Gasteiger partial charge >= 0.3 is 0 Å². The molecule has 2 aromatic heterocycles. The van der Waals surface area contributed by atoms with Crippen LogP contribution in [0.15, 0.2) is 127 Å². The second-order valence-electron chi connectivity index (χ2n) is 10.8. The van der Waals surface area contributed by atoms with E-state index in [0.717, 1.165) is 0 Å². The van der Waals surface area contributed by atoms with Crippen LogP contribution in [-0.2, 0) is 0 Å². The van der Waals surface area contributed by atoms with E-state index in [1.54, 1.807) is 0 Å². The number of para-hydroxylation sites is 4. The molecule has 194 valence electrons. The molecule has 7 aromatic rings. The molecule has 7 rings (SSSR count). The lowest BCUT2D eigenvalue weighted by atomic mass is 9.97. The zero-order valence-corrected chi connectivity index (χ0v) is 23.4. The van der Waals surface area contributed by atoms with Gasteiger partial charge in [-0.1, -0.05) is 78.9 Å². The van der Waals surface area contributed by atoms with Crippen molar-refractivity contribution in [3.8, 4) is 5.69 Å². The summed E-state index contributed by atoms with van der Waals surface area (Å²) in [6.07, 6.45) is 2.33. The monoisotopic (exact) mass is 516 g/mol. The van der Waals surface area contributed by atoms with Gasteiger partial charge in [-0.25, -0.2) is 0 Å². The minimum Gasteiger partial charge on any atom is -0.313 e. The first-order chi connectivity index (χ1) is 19.5. The number of hydrogen-bond donors (Lipinski definition) is 0. The summed E-state index contributed by atoms with van der Waals surface area (Å²) < 4.78 is 4.78. The van der Waals surface area contributed by atoms with E-state index in [4.69, 9.17) is 0 Å². The van der Waals surface area contributed by atoms with Gasteiger partial charge in [0.1, 0.15) is 0 Å². The molecule has 0 saturated heterocycles. The number of allylic oxidation sites excluding steroid dienone is 4. The van der Waals surface area contributed by atoms with Crippen molar-refractivity contribution in [1.29, 1.82) is 0 Å². The molecule has 40 heavy (non-hydrogen) atoms. The van der Waals surface area contributed by atoms with Gasteiger partial charge in [0.15, 0.2) is 0 Å². The normalized spacial score (nSPS) is 13.1. The van der Waals surface area contributed by atoms with E-state index in [9.17, 15) is 0 Å². The standard InChI is InChI=1S/C38H32N2/c1-25(23-27(3)39-35-17-9-5-13-31(35)32-14-6-10-18-36(32)39)28(4)30-22-21-29(24-26(30)2)40-37-19-11-7-15-33(37)34-16-8-12-20-38(34)40/h5-24H,1-4H3. The highest BCUT2D eigenvalue weighted by Gasteiger charge is 2.14. The van der Waals surface area contributed by atoms with E-state index >= 15 is 0 Å². The molecule has 0 atom stereocenters. The Morgan fingerprint density at radius 2 is 1.00 bits per heavy atom. The van der Waals surface area contributed by atoms with Gasteiger partial charge in [-0.2, -0.15) is 0 Å². The minimum absolute atomic E-state index is 1.20. The van der Waals surface area contributed by atoms with Crippen LogP contribution in [0.5, 0.6) is 0 Å². The van der Waals surface area contributed by atoms with Crippen molar-refractivity contribution >= 4 is 54.9 Å². The van der Waals surface area contributed by atoms with Crippen LogP contribution in [0.3, 0.4) is 0 Å². The minimum atomic E-state index is 1.20. The van der Waals surface area contributed by atoms with Gasteiger partial charge in [0.05, 0.1) is 22.1 Å². The van der Waals surface area contributed by atoms with Crippen molar-refractivity contribution in [2.75, 3.05) is 0 Å². The second kappa shape index (κ2) is 9.43. The maximum Gasteiger partial charge on any atom is 0.0541 e. The number of aryl methyl sites for hydroxylation is 1. The average molecular weight is 517 g/mol. The summed E-state index contributed by atoms with van der Waals surface area (Å²) in [4.78, 5) is 0. The summed E-state index contributed by atoms with van der Waals surface area (Å²) in [6, 6.07) is 41.6. The molecule has 0 N–H and O–H groups in total. The third-order valence-electron chi connectivity index (χ3n) is 8.40. The number of fused-ring (bicyclic) bond motifs is 6. The molecule has 0 unspecified atom stereocenters. The fourth-order valence-corrected chi connectivity index (χ4v) is 6.41. The Kier molecular flexibility index (Phi) is 5.71. The molecule has 0 spiro atoms. The molecule has 0 amide bonds. The lowest BCUT2D eigenvalue weighted by Gasteiger charge is -2.14. The van der Waals surface area contributed by atoms with Crippen molar-refractivity contribution < 1.29 is 0 Å². The Hall–Kier alpha value is -4.82. The van der Waals surface area contributed by atoms with Gasteiger partial charge in [0, 0.05) is 32.9 Å². The van der Waals surface area contributed by atoms with Gasteiger partial charge in [-0.3, -0.25) is 0 Å². The Balaban J connectivity index is 1.32. The molecular formula is C38H32N2. The predicted octanol–water partition coefficient (Wildman–Crippen LogP) is 10.6. The zero-order chi connectivity index (χ0) is 27.4. The first-order valence-corrected chi connectivity index (χ1v) is 14.0. The highest BCUT2D eigenvalue weighted by Crippen LogP contribution is 2.35. The van der Waals surface area contributed by atoms with Gasteiger partial charge in [0.25, 0.3) is 0 Å². The highest BCUT2D eigenvalue weighted by molar-refractivity contribution is 6.10. The molecule has 0 saturated carbocycles. The van der Waals surface area contributed by atoms with Crippen LogP contribution in [0.25, 0.3) is 60.6 Å². The highest BCUT2D eigenvalue weighted by atomic mass is 15.0. The number of hydrogen-bond acceptors (Lipinski definition) is 0. The van der Waals surface area contributed by atoms with E-state index in [1.165, 1.54) is 77.3 Å². The maximum atomic E-state index is 2.39. The smallest absolute Gasteiger partial charge is 0.0541 e. The average Bonchev–Trinajstić information content (AvgIpc) is 3.50. The molecule has 0 bridgehead atoms. The van der Waals surface area contributed by atoms with E-state index in [1.807, 2.05) is 0 Å². The Morgan fingerprint density at radius 3 is 1.50 bits per heavy atom. The maximum absolute atomic E-state index is 2.39. The van der Waals surface area contributed by atoms with Crippen molar-refractivity contribution in [2.45, 2.75) is 27.7 Å². The van der Waals surface area contributed by atoms with Crippen molar-refractivity contribution in [1.82, 2.24) is 9.13 Å². The van der Waals surface area contributed by atoms with Crippen LogP contribution in [0, 0.1) is 6.92 Å². The summed E-state index contributed by atoms with van der Waals surface area (Å²) in [7, 11) is 0. The molecule has 2 heterocycles. The lowest BCUT2D eigenvalue weighted by Crippen LogP contribution is -1.97. The SMILES string of the molecule is CC(=CC(C)=C(C)c1ccc(-n2c3ccccc3c3ccccc32)cc1C)n1c2ccccc2c2ccccc21. The fraction of sp³-hybridized carbons (Fsp3) is 0.105. The van der Waals surface area contributed by atoms with Crippen LogP contribution in [0.2, 0.25) is 0 Å². The summed E-state index contributed by atoms with van der Waals surface area (Å²) >= 11 is 0.